The molecule has 0 bridgehead atoms. The normalized spacial score (nSPS) is 15.3. The fourth-order valence-electron chi connectivity index (χ4n) is 3.74. The zero-order valence-electron chi connectivity index (χ0n) is 16.6. The van der Waals surface area contributed by atoms with Crippen molar-refractivity contribution in [3.63, 3.8) is 0 Å². The minimum atomic E-state index is -0.0728. The van der Waals surface area contributed by atoms with Crippen LogP contribution in [0.2, 0.25) is 0 Å². The van der Waals surface area contributed by atoms with Gasteiger partial charge in [-0.15, -0.1) is 0 Å². The fraction of sp³-hybridized carbons (Fsp3) is 0.364. The lowest BCUT2D eigenvalue weighted by Crippen LogP contribution is -2.51. The molecule has 3 aromatic rings. The Morgan fingerprint density at radius 2 is 1.71 bits per heavy atom. The molecule has 2 aromatic carbocycles. The number of benzene rings is 2. The summed E-state index contributed by atoms with van der Waals surface area (Å²) in [4.78, 5) is 30.5. The first-order chi connectivity index (χ1) is 13.5. The Kier molecular flexibility index (Phi) is 4.81. The molecule has 2 amide bonds. The number of aryl methyl sites for hydroxylation is 1. The second-order valence-corrected chi connectivity index (χ2v) is 7.58. The molecule has 0 radical (unpaired) electrons. The Bertz CT molecular complexity index is 1050. The van der Waals surface area contributed by atoms with Gasteiger partial charge in [-0.25, -0.2) is 0 Å². The molecule has 6 heteroatoms. The standard InChI is InChI=1S/C22H25N3O3/c1-15-17-9-8-16-6-4-5-7-18(16)21(17)28-20(15)22(27)25-12-10-24(11-13-25)14-19(26)23(2)3/h4-9H,10-14H2,1-3H3. The average Bonchev–Trinajstić information content (AvgIpc) is 3.05. The van der Waals surface area contributed by atoms with Crippen LogP contribution >= 0.6 is 0 Å². The number of hydrogen-bond acceptors (Lipinski definition) is 4. The van der Waals surface area contributed by atoms with Crippen LogP contribution < -0.4 is 0 Å². The highest BCUT2D eigenvalue weighted by molar-refractivity contribution is 6.08. The summed E-state index contributed by atoms with van der Waals surface area (Å²) in [5.74, 6) is 0.431. The maximum atomic E-state index is 13.1. The topological polar surface area (TPSA) is 57.0 Å². The van der Waals surface area contributed by atoms with Crippen molar-refractivity contribution in [2.24, 2.45) is 0 Å². The van der Waals surface area contributed by atoms with Crippen LogP contribution in [0, 0.1) is 6.92 Å². The number of nitrogens with zero attached hydrogens (tertiary/aromatic N) is 3. The Balaban J connectivity index is 1.54. The summed E-state index contributed by atoms with van der Waals surface area (Å²) in [6.45, 7) is 4.90. The van der Waals surface area contributed by atoms with Crippen LogP contribution in [-0.2, 0) is 4.79 Å². The molecule has 0 aliphatic carbocycles. The van der Waals surface area contributed by atoms with Crippen LogP contribution in [0.25, 0.3) is 21.7 Å². The molecule has 1 fully saturated rings. The summed E-state index contributed by atoms with van der Waals surface area (Å²) in [5, 5.41) is 3.10. The average molecular weight is 379 g/mol. The quantitative estimate of drug-likeness (QED) is 0.702. The van der Waals surface area contributed by atoms with Gasteiger partial charge >= 0.3 is 0 Å². The van der Waals surface area contributed by atoms with Gasteiger partial charge in [-0.3, -0.25) is 14.5 Å². The number of piperazine rings is 1. The first kappa shape index (κ1) is 18.5. The van der Waals surface area contributed by atoms with Gasteiger partial charge in [0.05, 0.1) is 6.54 Å². The third-order valence-corrected chi connectivity index (χ3v) is 5.54. The maximum absolute atomic E-state index is 13.1. The van der Waals surface area contributed by atoms with Crippen LogP contribution in [0.5, 0.6) is 0 Å². The Labute approximate surface area is 164 Å². The van der Waals surface area contributed by atoms with Crippen molar-refractivity contribution < 1.29 is 14.0 Å². The van der Waals surface area contributed by atoms with Gasteiger partial charge in [0.15, 0.2) is 5.76 Å². The van der Waals surface area contributed by atoms with E-state index in [2.05, 4.69) is 11.0 Å². The van der Waals surface area contributed by atoms with Crippen molar-refractivity contribution in [1.29, 1.82) is 0 Å². The van der Waals surface area contributed by atoms with Gasteiger partial charge in [0.2, 0.25) is 5.91 Å². The Hall–Kier alpha value is -2.86. The summed E-state index contributed by atoms with van der Waals surface area (Å²) in [6, 6.07) is 12.1. The predicted molar refractivity (Wildman–Crippen MR) is 109 cm³/mol. The van der Waals surface area contributed by atoms with E-state index in [-0.39, 0.29) is 11.8 Å². The van der Waals surface area contributed by atoms with Crippen molar-refractivity contribution in [2.75, 3.05) is 46.8 Å². The lowest BCUT2D eigenvalue weighted by Gasteiger charge is -2.34. The molecule has 28 heavy (non-hydrogen) atoms. The highest BCUT2D eigenvalue weighted by atomic mass is 16.3. The highest BCUT2D eigenvalue weighted by Crippen LogP contribution is 2.32. The lowest BCUT2D eigenvalue weighted by atomic mass is 10.1. The number of amides is 2. The van der Waals surface area contributed by atoms with Crippen LogP contribution in [0.1, 0.15) is 16.1 Å². The summed E-state index contributed by atoms with van der Waals surface area (Å²) in [6.07, 6.45) is 0. The van der Waals surface area contributed by atoms with E-state index in [1.807, 2.05) is 42.2 Å². The number of rotatable bonds is 3. The Morgan fingerprint density at radius 1 is 1.00 bits per heavy atom. The van der Waals surface area contributed by atoms with Crippen LogP contribution in [0.15, 0.2) is 40.8 Å². The molecule has 1 aliphatic rings. The van der Waals surface area contributed by atoms with Crippen molar-refractivity contribution >= 4 is 33.6 Å². The summed E-state index contributed by atoms with van der Waals surface area (Å²) in [5.41, 5.74) is 1.66. The number of hydrogen-bond donors (Lipinski definition) is 0. The zero-order chi connectivity index (χ0) is 19.8. The van der Waals surface area contributed by atoms with Crippen LogP contribution in [0.4, 0.5) is 0 Å². The summed E-state index contributed by atoms with van der Waals surface area (Å²) < 4.78 is 6.08. The van der Waals surface area contributed by atoms with E-state index in [0.717, 1.165) is 27.3 Å². The van der Waals surface area contributed by atoms with E-state index in [9.17, 15) is 9.59 Å². The second-order valence-electron chi connectivity index (χ2n) is 7.58. The van der Waals surface area contributed by atoms with E-state index in [1.54, 1.807) is 19.0 Å². The van der Waals surface area contributed by atoms with Crippen molar-refractivity contribution in [1.82, 2.24) is 14.7 Å². The molecule has 0 unspecified atom stereocenters. The number of likely N-dealkylation sites (N-methyl/N-ethyl adjacent to an activating group) is 1. The number of fused-ring (bicyclic) bond motifs is 3. The largest absolute Gasteiger partial charge is 0.450 e. The third kappa shape index (κ3) is 3.24. The minimum absolute atomic E-state index is 0.0728. The lowest BCUT2D eigenvalue weighted by molar-refractivity contribution is -0.130. The van der Waals surface area contributed by atoms with E-state index in [1.165, 1.54) is 0 Å². The highest BCUT2D eigenvalue weighted by Gasteiger charge is 2.27. The van der Waals surface area contributed by atoms with Crippen molar-refractivity contribution in [3.05, 3.63) is 47.7 Å². The molecule has 4 rings (SSSR count). The molecule has 1 saturated heterocycles. The zero-order valence-corrected chi connectivity index (χ0v) is 16.6. The molecule has 0 saturated carbocycles. The number of carbonyl (C=O) groups excluding carboxylic acids is 2. The second kappa shape index (κ2) is 7.28. The third-order valence-electron chi connectivity index (χ3n) is 5.54. The minimum Gasteiger partial charge on any atom is -0.450 e. The van der Waals surface area contributed by atoms with Crippen LogP contribution in [0.3, 0.4) is 0 Å². The van der Waals surface area contributed by atoms with Gasteiger partial charge in [0.25, 0.3) is 5.91 Å². The van der Waals surface area contributed by atoms with Crippen molar-refractivity contribution in [2.45, 2.75) is 6.92 Å². The monoisotopic (exact) mass is 379 g/mol. The molecule has 0 N–H and O–H groups in total. The molecular weight excluding hydrogens is 354 g/mol. The Morgan fingerprint density at radius 3 is 2.43 bits per heavy atom. The molecule has 1 aliphatic heterocycles. The van der Waals surface area contributed by atoms with E-state index in [0.29, 0.717) is 38.5 Å². The van der Waals surface area contributed by atoms with Crippen LogP contribution in [-0.4, -0.2) is 73.3 Å². The molecule has 6 nitrogen and oxygen atoms in total. The number of carbonyl (C=O) groups is 2. The smallest absolute Gasteiger partial charge is 0.289 e. The molecular formula is C22H25N3O3. The molecule has 2 heterocycles. The summed E-state index contributed by atoms with van der Waals surface area (Å²) >= 11 is 0. The maximum Gasteiger partial charge on any atom is 0.289 e. The van der Waals surface area contributed by atoms with Crippen molar-refractivity contribution in [3.8, 4) is 0 Å². The van der Waals surface area contributed by atoms with Gasteiger partial charge in [-0.05, 0) is 12.3 Å². The number of furan rings is 1. The SMILES string of the molecule is Cc1c(C(=O)N2CCN(CC(=O)N(C)C)CC2)oc2c1ccc1ccccc12. The van der Waals surface area contributed by atoms with Gasteiger partial charge < -0.3 is 14.2 Å². The van der Waals surface area contributed by atoms with Gasteiger partial charge in [0, 0.05) is 56.6 Å². The van der Waals surface area contributed by atoms with Gasteiger partial charge in [-0.2, -0.15) is 0 Å². The van der Waals surface area contributed by atoms with E-state index in [4.69, 9.17) is 4.42 Å². The molecule has 0 spiro atoms. The molecule has 146 valence electrons. The van der Waals surface area contributed by atoms with E-state index < -0.39 is 0 Å². The molecule has 1 aromatic heterocycles. The van der Waals surface area contributed by atoms with Gasteiger partial charge in [-0.1, -0.05) is 36.4 Å². The first-order valence-electron chi connectivity index (χ1n) is 9.58. The predicted octanol–water partition coefficient (Wildman–Crippen LogP) is 2.74. The molecule has 0 atom stereocenters. The first-order valence-corrected chi connectivity index (χ1v) is 9.58. The van der Waals surface area contributed by atoms with Gasteiger partial charge in [0.1, 0.15) is 5.58 Å². The summed E-state index contributed by atoms with van der Waals surface area (Å²) in [7, 11) is 3.52. The fourth-order valence-corrected chi connectivity index (χ4v) is 3.74. The van der Waals surface area contributed by atoms with E-state index >= 15 is 0 Å².